The largest absolute Gasteiger partial charge is 0.488 e. The standard InChI is InChI=1S/C21H22N2O2/c24-21-12-17(23-20-13-22-11-10-19(20)21)14-25-18-8-6-16(7-9-18)15-4-2-1-3-5-15/h6-11,13,15H,1-5,12,14H2. The van der Waals surface area contributed by atoms with Gasteiger partial charge in [0.2, 0.25) is 0 Å². The molecule has 128 valence electrons. The summed E-state index contributed by atoms with van der Waals surface area (Å²) >= 11 is 0. The summed E-state index contributed by atoms with van der Waals surface area (Å²) < 4.78 is 5.85. The third-order valence-electron chi connectivity index (χ3n) is 5.11. The van der Waals surface area contributed by atoms with Crippen LogP contribution >= 0.6 is 0 Å². The number of ketones is 1. The Labute approximate surface area is 148 Å². The van der Waals surface area contributed by atoms with Crippen molar-refractivity contribution < 1.29 is 9.53 Å². The Morgan fingerprint density at radius 2 is 1.84 bits per heavy atom. The number of nitrogens with zero attached hydrogens (tertiary/aromatic N) is 2. The van der Waals surface area contributed by atoms with Crippen LogP contribution in [0.4, 0.5) is 5.69 Å². The third-order valence-corrected chi connectivity index (χ3v) is 5.11. The van der Waals surface area contributed by atoms with Crippen LogP contribution in [-0.4, -0.2) is 23.1 Å². The highest BCUT2D eigenvalue weighted by atomic mass is 16.5. The molecule has 1 aromatic carbocycles. The lowest BCUT2D eigenvalue weighted by atomic mass is 9.84. The molecule has 0 saturated heterocycles. The first-order chi connectivity index (χ1) is 12.3. The van der Waals surface area contributed by atoms with E-state index in [0.29, 0.717) is 30.2 Å². The molecule has 4 nitrogen and oxygen atoms in total. The summed E-state index contributed by atoms with van der Waals surface area (Å²) in [6, 6.07) is 10.1. The van der Waals surface area contributed by atoms with E-state index in [1.165, 1.54) is 37.7 Å². The van der Waals surface area contributed by atoms with E-state index in [2.05, 4.69) is 22.1 Å². The first-order valence-electron chi connectivity index (χ1n) is 9.06. The van der Waals surface area contributed by atoms with Crippen LogP contribution in [0.5, 0.6) is 5.75 Å². The topological polar surface area (TPSA) is 51.5 Å². The zero-order chi connectivity index (χ0) is 17.1. The van der Waals surface area contributed by atoms with E-state index < -0.39 is 0 Å². The van der Waals surface area contributed by atoms with Crippen molar-refractivity contribution in [2.24, 2.45) is 4.99 Å². The number of pyridine rings is 1. The monoisotopic (exact) mass is 334 g/mol. The molecule has 2 aliphatic rings. The number of hydrogen-bond acceptors (Lipinski definition) is 4. The van der Waals surface area contributed by atoms with E-state index in [0.717, 1.165) is 11.5 Å². The van der Waals surface area contributed by atoms with Crippen molar-refractivity contribution in [2.75, 3.05) is 6.61 Å². The van der Waals surface area contributed by atoms with Crippen LogP contribution < -0.4 is 4.74 Å². The molecule has 4 heteroatoms. The van der Waals surface area contributed by atoms with Crippen LogP contribution in [0, 0.1) is 0 Å². The molecule has 0 bridgehead atoms. The number of Topliss-reactive ketones (excluding diaryl/α,β-unsaturated/α-hetero) is 1. The van der Waals surface area contributed by atoms with Gasteiger partial charge in [-0.25, -0.2) is 0 Å². The number of hydrogen-bond donors (Lipinski definition) is 0. The smallest absolute Gasteiger partial charge is 0.170 e. The van der Waals surface area contributed by atoms with E-state index >= 15 is 0 Å². The Balaban J connectivity index is 1.40. The zero-order valence-electron chi connectivity index (χ0n) is 14.3. The number of aliphatic imine (C=N–C) groups is 1. The Bertz CT molecular complexity index is 790. The van der Waals surface area contributed by atoms with Gasteiger partial charge in [-0.1, -0.05) is 31.4 Å². The maximum Gasteiger partial charge on any atom is 0.170 e. The van der Waals surface area contributed by atoms with Gasteiger partial charge in [0.25, 0.3) is 0 Å². The number of carbonyl (C=O) groups excluding carboxylic acids is 1. The van der Waals surface area contributed by atoms with Crippen molar-refractivity contribution in [1.29, 1.82) is 0 Å². The molecule has 25 heavy (non-hydrogen) atoms. The molecule has 1 saturated carbocycles. The SMILES string of the molecule is O=C1CC(COc2ccc(C3CCCCC3)cc2)=Nc2cnccc21. The summed E-state index contributed by atoms with van der Waals surface area (Å²) in [5.74, 6) is 1.61. The van der Waals surface area contributed by atoms with E-state index in [4.69, 9.17) is 4.74 Å². The number of ether oxygens (including phenoxy) is 1. The molecule has 0 unspecified atom stereocenters. The predicted octanol–water partition coefficient (Wildman–Crippen LogP) is 4.87. The van der Waals surface area contributed by atoms with Crippen LogP contribution in [0.15, 0.2) is 47.7 Å². The van der Waals surface area contributed by atoms with E-state index in [1.54, 1.807) is 18.5 Å². The average Bonchev–Trinajstić information content (AvgIpc) is 2.68. The molecule has 1 aliphatic carbocycles. The quantitative estimate of drug-likeness (QED) is 0.802. The lowest BCUT2D eigenvalue weighted by molar-refractivity contribution is 0.0998. The minimum atomic E-state index is 0.0821. The van der Waals surface area contributed by atoms with Crippen molar-refractivity contribution in [3.8, 4) is 5.75 Å². The Morgan fingerprint density at radius 3 is 2.64 bits per heavy atom. The summed E-state index contributed by atoms with van der Waals surface area (Å²) in [7, 11) is 0. The van der Waals surface area contributed by atoms with Crippen molar-refractivity contribution in [3.63, 3.8) is 0 Å². The maximum atomic E-state index is 12.2. The van der Waals surface area contributed by atoms with Gasteiger partial charge in [-0.3, -0.25) is 14.8 Å². The number of rotatable bonds is 4. The van der Waals surface area contributed by atoms with Gasteiger partial charge < -0.3 is 4.74 Å². The molecule has 2 heterocycles. The van der Waals surface area contributed by atoms with Crippen LogP contribution in [0.3, 0.4) is 0 Å². The first kappa shape index (κ1) is 16.0. The first-order valence-corrected chi connectivity index (χ1v) is 9.06. The molecule has 2 aromatic rings. The number of benzene rings is 1. The van der Waals surface area contributed by atoms with Crippen molar-refractivity contribution in [3.05, 3.63) is 53.9 Å². The summed E-state index contributed by atoms with van der Waals surface area (Å²) in [6.45, 7) is 0.336. The van der Waals surface area contributed by atoms with E-state index in [9.17, 15) is 4.79 Å². The molecule has 0 atom stereocenters. The average molecular weight is 334 g/mol. The number of aromatic nitrogens is 1. The molecule has 0 N–H and O–H groups in total. The molecular formula is C21H22N2O2. The summed E-state index contributed by atoms with van der Waals surface area (Å²) in [5, 5.41) is 0. The van der Waals surface area contributed by atoms with Gasteiger partial charge in [-0.2, -0.15) is 0 Å². The Morgan fingerprint density at radius 1 is 1.04 bits per heavy atom. The molecule has 4 rings (SSSR count). The second kappa shape index (κ2) is 7.18. The second-order valence-electron chi connectivity index (χ2n) is 6.86. The molecule has 0 spiro atoms. The van der Waals surface area contributed by atoms with Gasteiger partial charge in [-0.15, -0.1) is 0 Å². The lowest BCUT2D eigenvalue weighted by Gasteiger charge is -2.22. The Hall–Kier alpha value is -2.49. The van der Waals surface area contributed by atoms with Crippen LogP contribution in [0.1, 0.15) is 60.4 Å². The van der Waals surface area contributed by atoms with Gasteiger partial charge in [0.15, 0.2) is 5.78 Å². The van der Waals surface area contributed by atoms with Crippen LogP contribution in [0.25, 0.3) is 0 Å². The summed E-state index contributed by atoms with van der Waals surface area (Å²) in [4.78, 5) is 20.7. The van der Waals surface area contributed by atoms with Gasteiger partial charge >= 0.3 is 0 Å². The van der Waals surface area contributed by atoms with Gasteiger partial charge in [-0.05, 0) is 42.5 Å². The number of carbonyl (C=O) groups is 1. The fourth-order valence-electron chi connectivity index (χ4n) is 3.72. The van der Waals surface area contributed by atoms with Gasteiger partial charge in [0, 0.05) is 11.8 Å². The molecule has 0 amide bonds. The van der Waals surface area contributed by atoms with Crippen LogP contribution in [-0.2, 0) is 0 Å². The van der Waals surface area contributed by atoms with Gasteiger partial charge in [0.05, 0.1) is 24.0 Å². The highest BCUT2D eigenvalue weighted by Gasteiger charge is 2.20. The van der Waals surface area contributed by atoms with Crippen molar-refractivity contribution >= 4 is 17.2 Å². The third kappa shape index (κ3) is 3.63. The molecule has 1 aliphatic heterocycles. The number of fused-ring (bicyclic) bond motifs is 1. The van der Waals surface area contributed by atoms with Crippen molar-refractivity contribution in [1.82, 2.24) is 4.98 Å². The minimum Gasteiger partial charge on any atom is -0.488 e. The Kier molecular flexibility index (Phi) is 4.59. The predicted molar refractivity (Wildman–Crippen MR) is 98.0 cm³/mol. The maximum absolute atomic E-state index is 12.2. The second-order valence-corrected chi connectivity index (χ2v) is 6.86. The van der Waals surface area contributed by atoms with Gasteiger partial charge in [0.1, 0.15) is 12.4 Å². The molecule has 0 radical (unpaired) electrons. The lowest BCUT2D eigenvalue weighted by Crippen LogP contribution is -2.19. The zero-order valence-corrected chi connectivity index (χ0v) is 14.3. The fourth-order valence-corrected chi connectivity index (χ4v) is 3.72. The normalized spacial score (nSPS) is 17.8. The molecular weight excluding hydrogens is 312 g/mol. The summed E-state index contributed by atoms with van der Waals surface area (Å²) in [6.07, 6.45) is 10.2. The van der Waals surface area contributed by atoms with E-state index in [1.807, 2.05) is 12.1 Å². The van der Waals surface area contributed by atoms with E-state index in [-0.39, 0.29) is 5.78 Å². The molecule has 1 fully saturated rings. The van der Waals surface area contributed by atoms with Crippen molar-refractivity contribution in [2.45, 2.75) is 44.4 Å². The highest BCUT2D eigenvalue weighted by molar-refractivity contribution is 6.16. The summed E-state index contributed by atoms with van der Waals surface area (Å²) in [5.41, 5.74) is 3.46. The minimum absolute atomic E-state index is 0.0821. The van der Waals surface area contributed by atoms with Crippen LogP contribution in [0.2, 0.25) is 0 Å². The molecule has 1 aromatic heterocycles. The highest BCUT2D eigenvalue weighted by Crippen LogP contribution is 2.33. The fraction of sp³-hybridized carbons (Fsp3) is 0.381.